The van der Waals surface area contributed by atoms with Gasteiger partial charge in [-0.15, -0.1) is 0 Å². The summed E-state index contributed by atoms with van der Waals surface area (Å²) in [4.78, 5) is 13.8. The molecular weight excluding hydrogens is 576 g/mol. The molecule has 1 amide bonds. The molecule has 39 heavy (non-hydrogen) atoms. The smallest absolute Gasteiger partial charge is 0.285 e. The average molecular weight is 593 g/mol. The minimum Gasteiger partial charge on any atom is -0.285 e. The minimum absolute atomic E-state index is 0.0101. The highest BCUT2D eigenvalue weighted by atomic mass is 79.9. The number of hydrogen-bond donors (Lipinski definition) is 0. The van der Waals surface area contributed by atoms with Crippen LogP contribution in [0.25, 0.3) is 33.4 Å². The summed E-state index contributed by atoms with van der Waals surface area (Å²) < 4.78 is 60.2. The number of aromatic nitrogens is 3. The van der Waals surface area contributed by atoms with E-state index < -0.39 is 17.9 Å². The van der Waals surface area contributed by atoms with Gasteiger partial charge in [-0.3, -0.25) is 9.61 Å². The van der Waals surface area contributed by atoms with Gasteiger partial charge in [0.25, 0.3) is 0 Å². The van der Waals surface area contributed by atoms with Gasteiger partial charge in [0.05, 0.1) is 5.56 Å². The first-order valence-corrected chi connectivity index (χ1v) is 12.5. The quantitative estimate of drug-likeness (QED) is 0.162. The lowest BCUT2D eigenvalue weighted by atomic mass is 9.99. The molecule has 6 rings (SSSR count). The Bertz CT molecular complexity index is 1830. The predicted octanol–water partition coefficient (Wildman–Crippen LogP) is 7.10. The second kappa shape index (κ2) is 9.39. The fraction of sp³-hybridized carbons (Fsp3) is 0.0345. The van der Waals surface area contributed by atoms with E-state index in [1.165, 1.54) is 28.9 Å². The number of carbonyl (C=O) groups excluding carboxylic acids is 1. The number of para-hydroxylation sites is 2. The van der Waals surface area contributed by atoms with Crippen molar-refractivity contribution in [2.45, 2.75) is 6.18 Å². The van der Waals surface area contributed by atoms with Crippen molar-refractivity contribution >= 4 is 44.4 Å². The van der Waals surface area contributed by atoms with Gasteiger partial charge < -0.3 is 0 Å². The van der Waals surface area contributed by atoms with Crippen LogP contribution in [0.4, 0.5) is 29.1 Å². The molecule has 0 aliphatic carbocycles. The number of alkyl halides is 3. The zero-order valence-corrected chi connectivity index (χ0v) is 21.5. The van der Waals surface area contributed by atoms with Gasteiger partial charge in [0.2, 0.25) is 0 Å². The maximum Gasteiger partial charge on any atom is 0.495 e. The Morgan fingerprint density at radius 3 is 2.10 bits per heavy atom. The summed E-state index contributed by atoms with van der Waals surface area (Å²) in [6.07, 6.45) is -5.19. The minimum atomic E-state index is -5.19. The molecule has 0 saturated carbocycles. The molecule has 0 radical (unpaired) electrons. The van der Waals surface area contributed by atoms with Crippen molar-refractivity contribution in [3.05, 3.63) is 113 Å². The molecule has 194 valence electrons. The highest BCUT2D eigenvalue weighted by Crippen LogP contribution is 2.43. The Labute approximate surface area is 227 Å². The van der Waals surface area contributed by atoms with Crippen LogP contribution in [0, 0.1) is 5.82 Å². The SMILES string of the molecule is O=C(N(c1ccccc1)c1c(-c2ccc(Br)cc2)c(-c2ccc(F)cc2)n2c3ccccc3[n-][n+]12)C(F)(F)F. The summed E-state index contributed by atoms with van der Waals surface area (Å²) in [5.74, 6) is -2.65. The van der Waals surface area contributed by atoms with Gasteiger partial charge in [0, 0.05) is 21.2 Å². The van der Waals surface area contributed by atoms with Crippen molar-refractivity contribution in [3.63, 3.8) is 0 Å². The van der Waals surface area contributed by atoms with E-state index in [0.29, 0.717) is 38.3 Å². The lowest BCUT2D eigenvalue weighted by Gasteiger charge is -2.18. The first-order chi connectivity index (χ1) is 18.7. The molecule has 0 aliphatic heterocycles. The highest BCUT2D eigenvalue weighted by Gasteiger charge is 2.51. The van der Waals surface area contributed by atoms with Crippen LogP contribution in [0.15, 0.2) is 108 Å². The van der Waals surface area contributed by atoms with Gasteiger partial charge in [-0.1, -0.05) is 82.7 Å². The topological polar surface area (TPSA) is 42.9 Å². The molecule has 4 aromatic carbocycles. The summed E-state index contributed by atoms with van der Waals surface area (Å²) in [5.41, 5.74) is 2.91. The molecule has 0 fully saturated rings. The van der Waals surface area contributed by atoms with E-state index in [4.69, 9.17) is 0 Å². The van der Waals surface area contributed by atoms with E-state index in [-0.39, 0.29) is 11.5 Å². The Hall–Kier alpha value is -4.44. The Morgan fingerprint density at radius 2 is 1.44 bits per heavy atom. The highest BCUT2D eigenvalue weighted by molar-refractivity contribution is 9.10. The van der Waals surface area contributed by atoms with Crippen molar-refractivity contribution < 1.29 is 27.0 Å². The lowest BCUT2D eigenvalue weighted by Crippen LogP contribution is -2.45. The second-order valence-electron chi connectivity index (χ2n) is 8.72. The van der Waals surface area contributed by atoms with Crippen LogP contribution >= 0.6 is 15.9 Å². The summed E-state index contributed by atoms with van der Waals surface area (Å²) >= 11 is 3.40. The van der Waals surface area contributed by atoms with Crippen LogP contribution in [0.5, 0.6) is 0 Å². The zero-order chi connectivity index (χ0) is 27.3. The summed E-state index contributed by atoms with van der Waals surface area (Å²) in [6, 6.07) is 27.3. The van der Waals surface area contributed by atoms with Gasteiger partial charge in [0.1, 0.15) is 11.5 Å². The molecule has 0 N–H and O–H groups in total. The van der Waals surface area contributed by atoms with Gasteiger partial charge in [-0.05, 0) is 47.5 Å². The largest absolute Gasteiger partial charge is 0.495 e. The molecular formula is C29H17BrF4N4O. The van der Waals surface area contributed by atoms with E-state index >= 15 is 0 Å². The van der Waals surface area contributed by atoms with Crippen LogP contribution in [0.2, 0.25) is 0 Å². The summed E-state index contributed by atoms with van der Waals surface area (Å²) in [6.45, 7) is 0. The molecule has 0 unspecified atom stereocenters. The molecule has 6 aromatic rings. The van der Waals surface area contributed by atoms with E-state index in [0.717, 1.165) is 4.47 Å². The average Bonchev–Trinajstić information content (AvgIpc) is 3.45. The number of carbonyl (C=O) groups is 1. The molecule has 5 nitrogen and oxygen atoms in total. The second-order valence-corrected chi connectivity index (χ2v) is 9.64. The maximum absolute atomic E-state index is 14.2. The summed E-state index contributed by atoms with van der Waals surface area (Å²) in [7, 11) is 0. The van der Waals surface area contributed by atoms with E-state index in [2.05, 4.69) is 21.0 Å². The van der Waals surface area contributed by atoms with E-state index in [1.54, 1.807) is 83.4 Å². The number of fused-ring (bicyclic) bond motifs is 3. The standard InChI is InChI=1S/C29H17BrF4N4O/c30-20-14-10-18(11-15-20)25-26(19-12-16-21(31)17-13-19)37-24-9-5-4-8-23(24)35-38(37)27(25)36(28(39)29(32,33)34)22-6-2-1-3-7-22/h1-17H. The number of benzene rings is 4. The predicted molar refractivity (Wildman–Crippen MR) is 142 cm³/mol. The first kappa shape index (κ1) is 24.9. The Balaban J connectivity index is 1.83. The van der Waals surface area contributed by atoms with Crippen LogP contribution in [-0.4, -0.2) is 16.6 Å². The normalized spacial score (nSPS) is 11.8. The van der Waals surface area contributed by atoms with Gasteiger partial charge in [-0.25, -0.2) is 9.18 Å². The molecule has 2 aromatic heterocycles. The van der Waals surface area contributed by atoms with Crippen molar-refractivity contribution in [1.29, 1.82) is 0 Å². The molecule has 0 aliphatic rings. The van der Waals surface area contributed by atoms with Gasteiger partial charge in [-0.2, -0.15) is 22.7 Å². The van der Waals surface area contributed by atoms with Crippen LogP contribution in [-0.2, 0) is 4.79 Å². The molecule has 10 heteroatoms. The third kappa shape index (κ3) is 4.26. The number of amides is 1. The third-order valence-corrected chi connectivity index (χ3v) is 6.81. The molecule has 0 bridgehead atoms. The monoisotopic (exact) mass is 592 g/mol. The van der Waals surface area contributed by atoms with Crippen molar-refractivity contribution in [2.75, 3.05) is 4.90 Å². The third-order valence-electron chi connectivity index (χ3n) is 6.29. The maximum atomic E-state index is 14.2. The number of hydrogen-bond acceptors (Lipinski definition) is 1. The van der Waals surface area contributed by atoms with Crippen LogP contribution in [0.3, 0.4) is 0 Å². The fourth-order valence-electron chi connectivity index (χ4n) is 4.64. The fourth-order valence-corrected chi connectivity index (χ4v) is 4.91. The molecule has 0 atom stereocenters. The van der Waals surface area contributed by atoms with Crippen molar-refractivity contribution in [2.24, 2.45) is 0 Å². The molecule has 0 spiro atoms. The molecule has 2 heterocycles. The van der Waals surface area contributed by atoms with Gasteiger partial charge in [0.15, 0.2) is 0 Å². The number of rotatable bonds is 4. The van der Waals surface area contributed by atoms with Crippen LogP contribution < -0.4 is 14.6 Å². The van der Waals surface area contributed by atoms with Crippen LogP contribution in [0.1, 0.15) is 0 Å². The Morgan fingerprint density at radius 1 is 0.821 bits per heavy atom. The van der Waals surface area contributed by atoms with Crippen molar-refractivity contribution in [3.8, 4) is 22.4 Å². The number of nitrogens with zero attached hydrogens (tertiary/aromatic N) is 4. The number of halogens is 5. The first-order valence-electron chi connectivity index (χ1n) is 11.7. The lowest BCUT2D eigenvalue weighted by molar-refractivity contribution is -0.660. The molecule has 0 saturated heterocycles. The number of anilines is 2. The van der Waals surface area contributed by atoms with E-state index in [9.17, 15) is 22.4 Å². The van der Waals surface area contributed by atoms with Crippen molar-refractivity contribution in [1.82, 2.24) is 9.61 Å². The van der Waals surface area contributed by atoms with Gasteiger partial charge >= 0.3 is 17.9 Å². The summed E-state index contributed by atoms with van der Waals surface area (Å²) in [5, 5.41) is 4.63. The Kier molecular flexibility index (Phi) is 5.99. The zero-order valence-electron chi connectivity index (χ0n) is 19.9. The van der Waals surface area contributed by atoms with E-state index in [1.807, 2.05) is 0 Å².